The maximum absolute atomic E-state index is 10.9. The van der Waals surface area contributed by atoms with Gasteiger partial charge in [0.2, 0.25) is 5.91 Å². The second-order valence-electron chi connectivity index (χ2n) is 4.62. The molecule has 0 aromatic rings. The van der Waals surface area contributed by atoms with Crippen molar-refractivity contribution in [1.82, 2.24) is 5.32 Å². The number of carbonyl (C=O) groups is 1. The van der Waals surface area contributed by atoms with Crippen LogP contribution in [0.1, 0.15) is 32.6 Å². The average molecular weight is 213 g/mol. The summed E-state index contributed by atoms with van der Waals surface area (Å²) < 4.78 is 5.69. The van der Waals surface area contributed by atoms with Gasteiger partial charge in [-0.2, -0.15) is 0 Å². The van der Waals surface area contributed by atoms with E-state index >= 15 is 0 Å². The highest BCUT2D eigenvalue weighted by Gasteiger charge is 2.40. The number of rotatable bonds is 1. The summed E-state index contributed by atoms with van der Waals surface area (Å²) in [7, 11) is 0. The Hall–Kier alpha value is -0.610. The number of carbonyl (C=O) groups excluding carboxylic acids is 1. The summed E-state index contributed by atoms with van der Waals surface area (Å²) in [4.78, 5) is 10.9. The lowest BCUT2D eigenvalue weighted by molar-refractivity contribution is -0.138. The molecule has 15 heavy (non-hydrogen) atoms. The van der Waals surface area contributed by atoms with E-state index in [1.165, 1.54) is 13.3 Å². The van der Waals surface area contributed by atoms with Crippen LogP contribution in [0.15, 0.2) is 0 Å². The molecule has 2 aliphatic rings. The van der Waals surface area contributed by atoms with Gasteiger partial charge < -0.3 is 15.2 Å². The molecule has 1 saturated heterocycles. The number of hydrogen-bond acceptors (Lipinski definition) is 3. The number of nitrogens with one attached hydrogen (secondary N) is 1. The fraction of sp³-hybridized carbons (Fsp3) is 0.909. The van der Waals surface area contributed by atoms with Gasteiger partial charge in [0.1, 0.15) is 0 Å². The van der Waals surface area contributed by atoms with Gasteiger partial charge in [0, 0.05) is 12.8 Å². The lowest BCUT2D eigenvalue weighted by Crippen LogP contribution is -2.56. The van der Waals surface area contributed by atoms with Gasteiger partial charge in [-0.05, 0) is 12.8 Å². The van der Waals surface area contributed by atoms with Gasteiger partial charge in [-0.3, -0.25) is 4.79 Å². The number of ether oxygens (including phenoxy) is 1. The van der Waals surface area contributed by atoms with Gasteiger partial charge in [0.15, 0.2) is 0 Å². The predicted molar refractivity (Wildman–Crippen MR) is 55.3 cm³/mol. The van der Waals surface area contributed by atoms with Crippen LogP contribution in [-0.4, -0.2) is 35.9 Å². The molecule has 86 valence electrons. The largest absolute Gasteiger partial charge is 0.391 e. The van der Waals surface area contributed by atoms with E-state index in [1.807, 2.05) is 0 Å². The minimum Gasteiger partial charge on any atom is -0.391 e. The Labute approximate surface area is 90.0 Å². The summed E-state index contributed by atoms with van der Waals surface area (Å²) in [6, 6.07) is -0.221. The van der Waals surface area contributed by atoms with Crippen molar-refractivity contribution in [3.05, 3.63) is 0 Å². The minimum absolute atomic E-state index is 0.100. The van der Waals surface area contributed by atoms with Crippen LogP contribution in [0, 0.1) is 5.92 Å². The lowest BCUT2D eigenvalue weighted by atomic mass is 9.78. The average Bonchev–Trinajstić information content (AvgIpc) is 2.22. The predicted octanol–water partition coefficient (Wildman–Crippen LogP) is 0.441. The van der Waals surface area contributed by atoms with E-state index in [2.05, 4.69) is 5.32 Å². The summed E-state index contributed by atoms with van der Waals surface area (Å²) in [5.41, 5.74) is 0. The zero-order valence-corrected chi connectivity index (χ0v) is 9.11. The summed E-state index contributed by atoms with van der Waals surface area (Å²) in [5.74, 6) is 0.112. The molecule has 2 fully saturated rings. The molecule has 0 aromatic carbocycles. The van der Waals surface area contributed by atoms with Crippen molar-refractivity contribution in [2.24, 2.45) is 5.92 Å². The Kier molecular flexibility index (Phi) is 3.26. The highest BCUT2D eigenvalue weighted by Crippen LogP contribution is 2.33. The second kappa shape index (κ2) is 4.49. The third-order valence-corrected chi connectivity index (χ3v) is 3.48. The number of hydrogen-bond donors (Lipinski definition) is 2. The van der Waals surface area contributed by atoms with Gasteiger partial charge in [0.05, 0.1) is 24.9 Å². The van der Waals surface area contributed by atoms with E-state index in [9.17, 15) is 9.90 Å². The number of aliphatic hydroxyl groups excluding tert-OH is 1. The zero-order chi connectivity index (χ0) is 10.8. The second-order valence-corrected chi connectivity index (χ2v) is 4.62. The first-order chi connectivity index (χ1) is 7.18. The highest BCUT2D eigenvalue weighted by atomic mass is 16.5. The summed E-state index contributed by atoms with van der Waals surface area (Å²) >= 11 is 0. The Balaban J connectivity index is 1.98. The first-order valence-electron chi connectivity index (χ1n) is 5.75. The maximum atomic E-state index is 10.9. The van der Waals surface area contributed by atoms with Crippen LogP contribution < -0.4 is 5.32 Å². The van der Waals surface area contributed by atoms with Gasteiger partial charge >= 0.3 is 0 Å². The molecule has 0 spiro atoms. The molecule has 1 aliphatic heterocycles. The van der Waals surface area contributed by atoms with Crippen molar-refractivity contribution in [3.63, 3.8) is 0 Å². The van der Waals surface area contributed by atoms with Crippen LogP contribution in [0.4, 0.5) is 0 Å². The van der Waals surface area contributed by atoms with Crippen LogP contribution in [0.2, 0.25) is 0 Å². The molecule has 4 heteroatoms. The summed E-state index contributed by atoms with van der Waals surface area (Å²) in [6.07, 6.45) is 4.19. The van der Waals surface area contributed by atoms with Crippen molar-refractivity contribution in [2.45, 2.75) is 50.9 Å². The first-order valence-corrected chi connectivity index (χ1v) is 5.75. The van der Waals surface area contributed by atoms with Crippen LogP contribution in [-0.2, 0) is 9.53 Å². The molecule has 0 bridgehead atoms. The SMILES string of the molecule is CC(=O)NC1COC2CCCCC2C1O. The van der Waals surface area contributed by atoms with E-state index in [0.717, 1.165) is 19.3 Å². The van der Waals surface area contributed by atoms with E-state index < -0.39 is 6.10 Å². The van der Waals surface area contributed by atoms with Crippen molar-refractivity contribution in [1.29, 1.82) is 0 Å². The van der Waals surface area contributed by atoms with Gasteiger partial charge in [-0.1, -0.05) is 12.8 Å². The Morgan fingerprint density at radius 2 is 2.13 bits per heavy atom. The summed E-state index contributed by atoms with van der Waals surface area (Å²) in [5, 5.41) is 12.9. The third kappa shape index (κ3) is 2.32. The molecular weight excluding hydrogens is 194 g/mol. The monoisotopic (exact) mass is 213 g/mol. The first kappa shape index (κ1) is 10.9. The lowest BCUT2D eigenvalue weighted by Gasteiger charge is -2.43. The third-order valence-electron chi connectivity index (χ3n) is 3.48. The molecule has 1 heterocycles. The smallest absolute Gasteiger partial charge is 0.217 e. The van der Waals surface area contributed by atoms with Gasteiger partial charge in [0.25, 0.3) is 0 Å². The van der Waals surface area contributed by atoms with E-state index in [4.69, 9.17) is 4.74 Å². The number of aliphatic hydroxyl groups is 1. The van der Waals surface area contributed by atoms with E-state index in [1.54, 1.807) is 0 Å². The quantitative estimate of drug-likeness (QED) is 0.664. The molecule has 1 saturated carbocycles. The molecule has 0 aromatic heterocycles. The minimum atomic E-state index is -0.437. The Bertz CT molecular complexity index is 244. The number of amides is 1. The van der Waals surface area contributed by atoms with Crippen LogP contribution in [0.5, 0.6) is 0 Å². The van der Waals surface area contributed by atoms with Crippen LogP contribution in [0.3, 0.4) is 0 Å². The number of fused-ring (bicyclic) bond motifs is 1. The van der Waals surface area contributed by atoms with Crippen LogP contribution >= 0.6 is 0 Å². The van der Waals surface area contributed by atoms with E-state index in [0.29, 0.717) is 6.61 Å². The molecule has 4 atom stereocenters. The molecule has 2 N–H and O–H groups in total. The standard InChI is InChI=1S/C11H19NO3/c1-7(13)12-9-6-15-10-5-3-2-4-8(10)11(9)14/h8-11,14H,2-6H2,1H3,(H,12,13). The highest BCUT2D eigenvalue weighted by molar-refractivity contribution is 5.73. The van der Waals surface area contributed by atoms with E-state index in [-0.39, 0.29) is 24.0 Å². The van der Waals surface area contributed by atoms with Crippen molar-refractivity contribution in [3.8, 4) is 0 Å². The van der Waals surface area contributed by atoms with Crippen LogP contribution in [0.25, 0.3) is 0 Å². The molecule has 2 rings (SSSR count). The van der Waals surface area contributed by atoms with Gasteiger partial charge in [-0.15, -0.1) is 0 Å². The normalized spacial score (nSPS) is 40.7. The Morgan fingerprint density at radius 3 is 2.87 bits per heavy atom. The van der Waals surface area contributed by atoms with Gasteiger partial charge in [-0.25, -0.2) is 0 Å². The van der Waals surface area contributed by atoms with Crippen molar-refractivity contribution >= 4 is 5.91 Å². The van der Waals surface area contributed by atoms with Crippen molar-refractivity contribution < 1.29 is 14.6 Å². The molecule has 1 aliphatic carbocycles. The fourth-order valence-corrected chi connectivity index (χ4v) is 2.74. The summed E-state index contributed by atoms with van der Waals surface area (Å²) in [6.45, 7) is 1.92. The molecule has 4 nitrogen and oxygen atoms in total. The van der Waals surface area contributed by atoms with Crippen molar-refractivity contribution in [2.75, 3.05) is 6.61 Å². The zero-order valence-electron chi connectivity index (χ0n) is 9.11. The maximum Gasteiger partial charge on any atom is 0.217 e. The fourth-order valence-electron chi connectivity index (χ4n) is 2.74. The molecule has 0 radical (unpaired) electrons. The molecule has 1 amide bonds. The molecular formula is C11H19NO3. The topological polar surface area (TPSA) is 58.6 Å². The Morgan fingerprint density at radius 1 is 1.40 bits per heavy atom. The molecule has 4 unspecified atom stereocenters.